The van der Waals surface area contributed by atoms with Crippen molar-refractivity contribution in [3.8, 4) is 11.5 Å². The molecule has 0 N–H and O–H groups in total. The van der Waals surface area contributed by atoms with Crippen molar-refractivity contribution < 1.29 is 9.47 Å². The minimum Gasteiger partial charge on any atom is -0.493 e. The van der Waals surface area contributed by atoms with Gasteiger partial charge in [-0.3, -0.25) is 0 Å². The minimum absolute atomic E-state index is 0.237. The average Bonchev–Trinajstić information content (AvgIpc) is 3.01. The van der Waals surface area contributed by atoms with Crippen LogP contribution in [-0.2, 0) is 5.41 Å². The van der Waals surface area contributed by atoms with Crippen molar-refractivity contribution in [2.24, 2.45) is 0 Å². The van der Waals surface area contributed by atoms with Gasteiger partial charge in [0.2, 0.25) is 0 Å². The van der Waals surface area contributed by atoms with Gasteiger partial charge in [-0.25, -0.2) is 0 Å². The first-order valence-corrected chi connectivity index (χ1v) is 8.65. The van der Waals surface area contributed by atoms with Gasteiger partial charge in [0.1, 0.15) is 0 Å². The number of likely N-dealkylation sites (N-methyl/N-ethyl adjacent to an activating group) is 1. The highest BCUT2D eigenvalue weighted by molar-refractivity contribution is 6.17. The van der Waals surface area contributed by atoms with Crippen molar-refractivity contribution in [3.05, 3.63) is 23.8 Å². The van der Waals surface area contributed by atoms with Gasteiger partial charge >= 0.3 is 0 Å². The molecule has 1 aromatic rings. The summed E-state index contributed by atoms with van der Waals surface area (Å²) in [6, 6.07) is 6.41. The Morgan fingerprint density at radius 3 is 2.41 bits per heavy atom. The molecule has 1 saturated carbocycles. The Morgan fingerprint density at radius 2 is 1.82 bits per heavy atom. The van der Waals surface area contributed by atoms with Gasteiger partial charge in [0.25, 0.3) is 0 Å². The second-order valence-electron chi connectivity index (χ2n) is 6.34. The number of hydrogen-bond donors (Lipinski definition) is 0. The summed E-state index contributed by atoms with van der Waals surface area (Å²) in [5, 5.41) is 0. The Balaban J connectivity index is 2.23. The van der Waals surface area contributed by atoms with Crippen molar-refractivity contribution >= 4 is 11.6 Å². The molecule has 0 radical (unpaired) electrons. The summed E-state index contributed by atoms with van der Waals surface area (Å²) >= 11 is 5.83. The molecule has 0 bridgehead atoms. The number of hydrogen-bond acceptors (Lipinski definition) is 3. The maximum absolute atomic E-state index is 5.83. The van der Waals surface area contributed by atoms with Crippen molar-refractivity contribution in [2.75, 3.05) is 40.2 Å². The largest absolute Gasteiger partial charge is 0.493 e. The molecule has 0 saturated heterocycles. The number of ether oxygens (including phenoxy) is 2. The molecule has 3 nitrogen and oxygen atoms in total. The summed E-state index contributed by atoms with van der Waals surface area (Å²) in [7, 11) is 5.59. The van der Waals surface area contributed by atoms with E-state index in [0.29, 0.717) is 0 Å². The first kappa shape index (κ1) is 17.4. The van der Waals surface area contributed by atoms with Crippen LogP contribution in [0.25, 0.3) is 0 Å². The van der Waals surface area contributed by atoms with Gasteiger partial charge in [-0.2, -0.15) is 0 Å². The molecular weight excluding hydrogens is 298 g/mol. The molecule has 1 fully saturated rings. The quantitative estimate of drug-likeness (QED) is 0.672. The van der Waals surface area contributed by atoms with Crippen molar-refractivity contribution in [2.45, 2.75) is 37.5 Å². The zero-order chi connectivity index (χ0) is 16.0. The summed E-state index contributed by atoms with van der Waals surface area (Å²) in [5.74, 6) is 2.36. The summed E-state index contributed by atoms with van der Waals surface area (Å²) in [5.41, 5.74) is 1.61. The lowest BCUT2D eigenvalue weighted by molar-refractivity contribution is 0.244. The Hall–Kier alpha value is -0.930. The Morgan fingerprint density at radius 1 is 1.14 bits per heavy atom. The van der Waals surface area contributed by atoms with Gasteiger partial charge in [0.05, 0.1) is 14.2 Å². The van der Waals surface area contributed by atoms with Crippen LogP contribution in [0.15, 0.2) is 18.2 Å². The van der Waals surface area contributed by atoms with E-state index >= 15 is 0 Å². The molecular formula is C18H28ClNO2. The minimum atomic E-state index is 0.237. The highest BCUT2D eigenvalue weighted by Crippen LogP contribution is 2.44. The number of alkyl halides is 1. The van der Waals surface area contributed by atoms with Crippen molar-refractivity contribution in [1.29, 1.82) is 0 Å². The van der Waals surface area contributed by atoms with E-state index in [4.69, 9.17) is 21.1 Å². The molecule has 0 unspecified atom stereocenters. The number of rotatable bonds is 8. The van der Waals surface area contributed by atoms with E-state index in [0.717, 1.165) is 36.9 Å². The van der Waals surface area contributed by atoms with E-state index < -0.39 is 0 Å². The standard InChI is InChI=1S/C18H28ClNO2/c1-20(12-6-11-19)14-18(9-4-5-10-18)15-7-8-16(21-2)17(13-15)22-3/h7-8,13H,4-6,9-12,14H2,1-3H3. The van der Waals surface area contributed by atoms with Crippen LogP contribution in [0.2, 0.25) is 0 Å². The molecule has 2 rings (SSSR count). The number of methoxy groups -OCH3 is 2. The summed E-state index contributed by atoms with van der Waals surface area (Å²) < 4.78 is 10.9. The molecule has 0 heterocycles. The molecule has 0 atom stereocenters. The van der Waals surface area contributed by atoms with Gasteiger partial charge in [0.15, 0.2) is 11.5 Å². The molecule has 0 spiro atoms. The van der Waals surface area contributed by atoms with Crippen molar-refractivity contribution in [1.82, 2.24) is 4.90 Å². The van der Waals surface area contributed by atoms with Crippen LogP contribution in [0.5, 0.6) is 11.5 Å². The monoisotopic (exact) mass is 325 g/mol. The van der Waals surface area contributed by atoms with Crippen LogP contribution < -0.4 is 9.47 Å². The fraction of sp³-hybridized carbons (Fsp3) is 0.667. The van der Waals surface area contributed by atoms with Crippen molar-refractivity contribution in [3.63, 3.8) is 0 Å². The lowest BCUT2D eigenvalue weighted by atomic mass is 9.78. The second-order valence-corrected chi connectivity index (χ2v) is 6.72. The topological polar surface area (TPSA) is 21.7 Å². The Kier molecular flexibility index (Phi) is 6.39. The van der Waals surface area contributed by atoms with Crippen LogP contribution in [-0.4, -0.2) is 45.1 Å². The van der Waals surface area contributed by atoms with Gasteiger partial charge in [-0.15, -0.1) is 11.6 Å². The molecule has 22 heavy (non-hydrogen) atoms. The number of nitrogens with zero attached hydrogens (tertiary/aromatic N) is 1. The molecule has 0 amide bonds. The second kappa shape index (κ2) is 8.07. The predicted molar refractivity (Wildman–Crippen MR) is 92.5 cm³/mol. The van der Waals surface area contributed by atoms with E-state index in [1.807, 2.05) is 6.07 Å². The van der Waals surface area contributed by atoms with Gasteiger partial charge < -0.3 is 14.4 Å². The van der Waals surface area contributed by atoms with Crippen LogP contribution >= 0.6 is 11.6 Å². The maximum atomic E-state index is 5.83. The van der Waals surface area contributed by atoms with Gasteiger partial charge in [0, 0.05) is 17.8 Å². The van der Waals surface area contributed by atoms with E-state index in [9.17, 15) is 0 Å². The summed E-state index contributed by atoms with van der Waals surface area (Å²) in [4.78, 5) is 2.42. The zero-order valence-electron chi connectivity index (χ0n) is 14.0. The number of halogens is 1. The molecule has 124 valence electrons. The fourth-order valence-corrected chi connectivity index (χ4v) is 3.80. The predicted octanol–water partition coefficient (Wildman–Crippen LogP) is 4.08. The summed E-state index contributed by atoms with van der Waals surface area (Å²) in [6.45, 7) is 2.14. The normalized spacial score (nSPS) is 17.0. The molecule has 1 aliphatic carbocycles. The van der Waals surface area contributed by atoms with Crippen LogP contribution in [0.1, 0.15) is 37.7 Å². The average molecular weight is 326 g/mol. The van der Waals surface area contributed by atoms with E-state index in [-0.39, 0.29) is 5.41 Å². The van der Waals surface area contributed by atoms with Gasteiger partial charge in [-0.1, -0.05) is 18.9 Å². The SMILES string of the molecule is COc1ccc(C2(CN(C)CCCCl)CCCC2)cc1OC. The van der Waals surface area contributed by atoms with E-state index in [1.54, 1.807) is 14.2 Å². The zero-order valence-corrected chi connectivity index (χ0v) is 14.8. The lowest BCUT2D eigenvalue weighted by Gasteiger charge is -2.34. The molecule has 1 aliphatic rings. The smallest absolute Gasteiger partial charge is 0.161 e. The highest BCUT2D eigenvalue weighted by atomic mass is 35.5. The van der Waals surface area contributed by atoms with Crippen LogP contribution in [0.3, 0.4) is 0 Å². The lowest BCUT2D eigenvalue weighted by Crippen LogP contribution is -2.37. The third-order valence-corrected chi connectivity index (χ3v) is 5.07. The first-order chi connectivity index (χ1) is 10.6. The maximum Gasteiger partial charge on any atom is 0.161 e. The Labute approximate surface area is 139 Å². The first-order valence-electron chi connectivity index (χ1n) is 8.12. The molecule has 1 aromatic carbocycles. The van der Waals surface area contributed by atoms with Gasteiger partial charge in [-0.05, 0) is 50.6 Å². The highest BCUT2D eigenvalue weighted by Gasteiger charge is 2.37. The molecule has 0 aliphatic heterocycles. The molecule has 0 aromatic heterocycles. The van der Waals surface area contributed by atoms with Crippen LogP contribution in [0.4, 0.5) is 0 Å². The third-order valence-electron chi connectivity index (χ3n) is 4.80. The fourth-order valence-electron chi connectivity index (χ4n) is 3.68. The van der Waals surface area contributed by atoms with E-state index in [2.05, 4.69) is 24.1 Å². The van der Waals surface area contributed by atoms with E-state index in [1.165, 1.54) is 31.2 Å². The molecule has 4 heteroatoms. The third kappa shape index (κ3) is 3.88. The number of benzene rings is 1. The Bertz CT molecular complexity index is 472. The summed E-state index contributed by atoms with van der Waals surface area (Å²) in [6.07, 6.45) is 6.14. The van der Waals surface area contributed by atoms with Crippen LogP contribution in [0, 0.1) is 0 Å².